The van der Waals surface area contributed by atoms with Crippen molar-refractivity contribution in [2.45, 2.75) is 59.0 Å². The Labute approximate surface area is 128 Å². The van der Waals surface area contributed by atoms with E-state index in [0.29, 0.717) is 17.9 Å². The Bertz CT molecular complexity index is 457. The minimum Gasteiger partial charge on any atom is -0.382 e. The molecular weight excluding hydrogens is 260 g/mol. The van der Waals surface area contributed by atoms with Crippen LogP contribution >= 0.6 is 0 Å². The second-order valence-electron chi connectivity index (χ2n) is 6.76. The van der Waals surface area contributed by atoms with Gasteiger partial charge in [0.05, 0.1) is 0 Å². The van der Waals surface area contributed by atoms with E-state index in [1.807, 2.05) is 38.1 Å². The van der Waals surface area contributed by atoms with Gasteiger partial charge in [0, 0.05) is 23.3 Å². The van der Waals surface area contributed by atoms with Crippen molar-refractivity contribution in [3.63, 3.8) is 0 Å². The predicted octanol–water partition coefficient (Wildman–Crippen LogP) is 4.06. The van der Waals surface area contributed by atoms with Crippen LogP contribution in [0.2, 0.25) is 0 Å². The second-order valence-corrected chi connectivity index (χ2v) is 6.76. The smallest absolute Gasteiger partial charge is 0.251 e. The molecule has 0 spiro atoms. The van der Waals surface area contributed by atoms with E-state index in [1.165, 1.54) is 19.3 Å². The van der Waals surface area contributed by atoms with Crippen LogP contribution in [0.3, 0.4) is 0 Å². The summed E-state index contributed by atoms with van der Waals surface area (Å²) in [5.74, 6) is 1.41. The van der Waals surface area contributed by atoms with Crippen molar-refractivity contribution < 1.29 is 4.79 Å². The van der Waals surface area contributed by atoms with E-state index in [9.17, 15) is 4.79 Å². The van der Waals surface area contributed by atoms with Crippen molar-refractivity contribution in [1.29, 1.82) is 0 Å². The highest BCUT2D eigenvalue weighted by atomic mass is 16.1. The van der Waals surface area contributed by atoms with Gasteiger partial charge < -0.3 is 10.6 Å². The summed E-state index contributed by atoms with van der Waals surface area (Å²) in [5, 5.41) is 6.57. The lowest BCUT2D eigenvalue weighted by atomic mass is 9.78. The molecule has 0 radical (unpaired) electrons. The number of nitrogens with one attached hydrogen (secondary N) is 2. The molecule has 1 aliphatic rings. The van der Waals surface area contributed by atoms with Crippen LogP contribution < -0.4 is 10.6 Å². The van der Waals surface area contributed by atoms with Crippen LogP contribution in [0.25, 0.3) is 0 Å². The lowest BCUT2D eigenvalue weighted by Crippen LogP contribution is -2.37. The maximum Gasteiger partial charge on any atom is 0.251 e. The van der Waals surface area contributed by atoms with Gasteiger partial charge in [0.2, 0.25) is 0 Å². The molecule has 0 bridgehead atoms. The number of carbonyl (C=O) groups excluding carboxylic acids is 1. The molecule has 0 aliphatic heterocycles. The molecule has 0 heterocycles. The third kappa shape index (κ3) is 4.23. The summed E-state index contributed by atoms with van der Waals surface area (Å²) in [5.41, 5.74) is 1.83. The Balaban J connectivity index is 2.00. The highest BCUT2D eigenvalue weighted by Gasteiger charge is 2.27. The van der Waals surface area contributed by atoms with Gasteiger partial charge >= 0.3 is 0 Å². The molecule has 1 saturated carbocycles. The molecule has 21 heavy (non-hydrogen) atoms. The molecule has 2 rings (SSSR count). The first-order valence-corrected chi connectivity index (χ1v) is 8.15. The lowest BCUT2D eigenvalue weighted by molar-refractivity contribution is 0.0943. The van der Waals surface area contributed by atoms with E-state index in [1.54, 1.807) is 0 Å². The summed E-state index contributed by atoms with van der Waals surface area (Å²) in [6.45, 7) is 8.61. The first kappa shape index (κ1) is 15.9. The van der Waals surface area contributed by atoms with E-state index in [4.69, 9.17) is 0 Å². The summed E-state index contributed by atoms with van der Waals surface area (Å²) in [4.78, 5) is 11.9. The zero-order chi connectivity index (χ0) is 15.4. The van der Waals surface area contributed by atoms with Crippen molar-refractivity contribution in [1.82, 2.24) is 5.32 Å². The summed E-state index contributed by atoms with van der Waals surface area (Å²) >= 11 is 0. The number of hydrogen-bond donors (Lipinski definition) is 2. The predicted molar refractivity (Wildman–Crippen MR) is 88.6 cm³/mol. The first-order valence-electron chi connectivity index (χ1n) is 8.15. The Morgan fingerprint density at radius 1 is 1.10 bits per heavy atom. The standard InChI is InChI=1S/C18H28N2O/c1-12(2)19-18(21)15-8-10-16(11-9-15)20-17-13(3)6-5-7-14(17)4/h8-14,17,20H,5-7H2,1-4H3,(H,19,21). The summed E-state index contributed by atoms with van der Waals surface area (Å²) in [6, 6.07) is 8.54. The number of hydrogen-bond acceptors (Lipinski definition) is 2. The number of benzene rings is 1. The van der Waals surface area contributed by atoms with Gasteiger partial charge in [0.1, 0.15) is 0 Å². The van der Waals surface area contributed by atoms with E-state index < -0.39 is 0 Å². The van der Waals surface area contributed by atoms with Gasteiger partial charge in [-0.05, 0) is 62.8 Å². The molecule has 1 aliphatic carbocycles. The van der Waals surface area contributed by atoms with Crippen LogP contribution in [0, 0.1) is 11.8 Å². The third-order valence-electron chi connectivity index (χ3n) is 4.45. The van der Waals surface area contributed by atoms with Crippen LogP contribution in [0.5, 0.6) is 0 Å². The zero-order valence-corrected chi connectivity index (χ0v) is 13.6. The van der Waals surface area contributed by atoms with Gasteiger partial charge in [-0.3, -0.25) is 4.79 Å². The number of amides is 1. The molecule has 2 atom stereocenters. The van der Waals surface area contributed by atoms with Crippen LogP contribution in [0.4, 0.5) is 5.69 Å². The normalized spacial score (nSPS) is 25.7. The monoisotopic (exact) mass is 288 g/mol. The van der Waals surface area contributed by atoms with Crippen LogP contribution in [-0.4, -0.2) is 18.0 Å². The SMILES string of the molecule is CC(C)NC(=O)c1ccc(NC2C(C)CCCC2C)cc1. The van der Waals surface area contributed by atoms with Crippen LogP contribution in [0.15, 0.2) is 24.3 Å². The van der Waals surface area contributed by atoms with Crippen molar-refractivity contribution in [3.05, 3.63) is 29.8 Å². The molecular formula is C18H28N2O. The molecule has 3 nitrogen and oxygen atoms in total. The van der Waals surface area contributed by atoms with E-state index in [-0.39, 0.29) is 11.9 Å². The van der Waals surface area contributed by atoms with Crippen molar-refractivity contribution in [2.24, 2.45) is 11.8 Å². The summed E-state index contributed by atoms with van der Waals surface area (Å²) in [7, 11) is 0. The Hall–Kier alpha value is -1.51. The maximum absolute atomic E-state index is 11.9. The first-order chi connectivity index (χ1) is 9.97. The van der Waals surface area contributed by atoms with Crippen LogP contribution in [-0.2, 0) is 0 Å². The van der Waals surface area contributed by atoms with Gasteiger partial charge in [-0.15, -0.1) is 0 Å². The van der Waals surface area contributed by atoms with Gasteiger partial charge in [-0.2, -0.15) is 0 Å². The maximum atomic E-state index is 11.9. The largest absolute Gasteiger partial charge is 0.382 e. The third-order valence-corrected chi connectivity index (χ3v) is 4.45. The van der Waals surface area contributed by atoms with E-state index in [0.717, 1.165) is 11.3 Å². The molecule has 116 valence electrons. The van der Waals surface area contributed by atoms with Gasteiger partial charge in [-0.25, -0.2) is 0 Å². The molecule has 2 unspecified atom stereocenters. The Kier molecular flexibility index (Phi) is 5.27. The molecule has 3 heteroatoms. The summed E-state index contributed by atoms with van der Waals surface area (Å²) < 4.78 is 0. The molecule has 2 N–H and O–H groups in total. The Morgan fingerprint density at radius 3 is 2.19 bits per heavy atom. The number of anilines is 1. The Morgan fingerprint density at radius 2 is 1.67 bits per heavy atom. The van der Waals surface area contributed by atoms with Crippen LogP contribution in [0.1, 0.15) is 57.3 Å². The lowest BCUT2D eigenvalue weighted by Gasteiger charge is -2.35. The van der Waals surface area contributed by atoms with Gasteiger partial charge in [0.15, 0.2) is 0 Å². The van der Waals surface area contributed by atoms with E-state index >= 15 is 0 Å². The van der Waals surface area contributed by atoms with Gasteiger partial charge in [0.25, 0.3) is 5.91 Å². The van der Waals surface area contributed by atoms with E-state index in [2.05, 4.69) is 24.5 Å². The quantitative estimate of drug-likeness (QED) is 0.877. The summed E-state index contributed by atoms with van der Waals surface area (Å²) in [6.07, 6.45) is 3.95. The average molecular weight is 288 g/mol. The fourth-order valence-electron chi connectivity index (χ4n) is 3.22. The van der Waals surface area contributed by atoms with Crippen molar-refractivity contribution >= 4 is 11.6 Å². The number of carbonyl (C=O) groups is 1. The minimum absolute atomic E-state index is 0.00375. The molecule has 1 fully saturated rings. The topological polar surface area (TPSA) is 41.1 Å². The fraction of sp³-hybridized carbons (Fsp3) is 0.611. The minimum atomic E-state index is -0.00375. The molecule has 0 saturated heterocycles. The highest BCUT2D eigenvalue weighted by molar-refractivity contribution is 5.94. The molecule has 1 amide bonds. The van der Waals surface area contributed by atoms with Crippen molar-refractivity contribution in [2.75, 3.05) is 5.32 Å². The average Bonchev–Trinajstić information content (AvgIpc) is 2.43. The zero-order valence-electron chi connectivity index (χ0n) is 13.6. The second kappa shape index (κ2) is 6.97. The molecule has 1 aromatic rings. The molecule has 1 aromatic carbocycles. The highest BCUT2D eigenvalue weighted by Crippen LogP contribution is 2.31. The molecule has 0 aromatic heterocycles. The number of rotatable bonds is 4. The van der Waals surface area contributed by atoms with Crippen molar-refractivity contribution in [3.8, 4) is 0 Å². The van der Waals surface area contributed by atoms with Gasteiger partial charge in [-0.1, -0.05) is 20.3 Å². The fourth-order valence-corrected chi connectivity index (χ4v) is 3.22.